The van der Waals surface area contributed by atoms with Gasteiger partial charge in [-0.25, -0.2) is 4.68 Å². The highest BCUT2D eigenvalue weighted by Crippen LogP contribution is 2.64. The van der Waals surface area contributed by atoms with Crippen LogP contribution >= 0.6 is 46.1 Å². The highest BCUT2D eigenvalue weighted by molar-refractivity contribution is 8.21. The first-order valence-corrected chi connectivity index (χ1v) is 9.29. The molecule has 0 saturated carbocycles. The van der Waals surface area contributed by atoms with E-state index >= 15 is 0 Å². The first kappa shape index (κ1) is 20.1. The summed E-state index contributed by atoms with van der Waals surface area (Å²) in [5.74, 6) is 0. The maximum atomic E-state index is 13.3. The molecule has 1 aromatic heterocycles. The zero-order valence-electron chi connectivity index (χ0n) is 11.8. The predicted octanol–water partition coefficient (Wildman–Crippen LogP) is 6.61. The van der Waals surface area contributed by atoms with Gasteiger partial charge in [0.25, 0.3) is 0 Å². The van der Waals surface area contributed by atoms with Gasteiger partial charge in [-0.05, 0) is 18.4 Å². The molecule has 0 saturated heterocycles. The van der Waals surface area contributed by atoms with E-state index in [4.69, 9.17) is 28.5 Å². The lowest BCUT2D eigenvalue weighted by atomic mass is 10.2. The molecule has 0 aliphatic rings. The Hall–Kier alpha value is -1.22. The van der Waals surface area contributed by atoms with Crippen molar-refractivity contribution < 1.29 is 24.8 Å². The number of hydrogen-bond donors (Lipinski definition) is 0. The molecule has 0 amide bonds. The summed E-state index contributed by atoms with van der Waals surface area (Å²) >= 11 is 6.42. The summed E-state index contributed by atoms with van der Waals surface area (Å²) in [5.41, 5.74) is -2.43. The molecule has 0 atom stereocenters. The molecule has 0 bridgehead atoms. The zero-order valence-corrected chi connectivity index (χ0v) is 15.0. The molecule has 0 fully saturated rings. The molecular weight excluding hydrogens is 435 g/mol. The van der Waals surface area contributed by atoms with Crippen LogP contribution in [0.2, 0.25) is 10.0 Å². The molecule has 0 radical (unpaired) electrons. The van der Waals surface area contributed by atoms with Crippen LogP contribution in [0, 0.1) is 11.3 Å². The Morgan fingerprint density at radius 3 is 2.08 bits per heavy atom. The molecule has 0 aliphatic carbocycles. The zero-order chi connectivity index (χ0) is 19.2. The van der Waals surface area contributed by atoms with E-state index in [1.54, 1.807) is 0 Å². The molecule has 2 aromatic rings. The van der Waals surface area contributed by atoms with Crippen molar-refractivity contribution in [3.8, 4) is 11.8 Å². The standard InChI is InChI=1S/C12H5Cl2F6N3S2/c1-24-11-10(25(18,19)20)8(4-21)22-23(11)9-6(13)2-5(3-7(9)14)12(15,16)17/h2-3H,1H3. The molecule has 25 heavy (non-hydrogen) atoms. The van der Waals surface area contributed by atoms with Gasteiger partial charge in [0.15, 0.2) is 5.69 Å². The summed E-state index contributed by atoms with van der Waals surface area (Å²) < 4.78 is 78.8. The minimum atomic E-state index is -5.83. The lowest BCUT2D eigenvalue weighted by molar-refractivity contribution is -0.137. The quantitative estimate of drug-likeness (QED) is 0.399. The summed E-state index contributed by atoms with van der Waals surface area (Å²) in [5, 5.41) is 10.9. The fourth-order valence-corrected chi connectivity index (χ4v) is 4.29. The van der Waals surface area contributed by atoms with Gasteiger partial charge in [-0.1, -0.05) is 23.2 Å². The molecule has 2 rings (SSSR count). The summed E-state index contributed by atoms with van der Waals surface area (Å²) in [6.07, 6.45) is -3.44. The van der Waals surface area contributed by atoms with E-state index in [2.05, 4.69) is 5.10 Å². The van der Waals surface area contributed by atoms with Crippen LogP contribution in [0.4, 0.5) is 24.8 Å². The van der Waals surface area contributed by atoms with Gasteiger partial charge >= 0.3 is 6.18 Å². The van der Waals surface area contributed by atoms with E-state index in [0.29, 0.717) is 28.6 Å². The van der Waals surface area contributed by atoms with E-state index in [-0.39, 0.29) is 5.69 Å². The molecule has 136 valence electrons. The Labute approximate surface area is 153 Å². The van der Waals surface area contributed by atoms with E-state index in [0.717, 1.165) is 0 Å². The second-order valence-electron chi connectivity index (χ2n) is 4.40. The maximum absolute atomic E-state index is 13.3. The lowest BCUT2D eigenvalue weighted by Gasteiger charge is -2.15. The Balaban J connectivity index is 2.81. The maximum Gasteiger partial charge on any atom is 0.416 e. The molecule has 1 aromatic carbocycles. The highest BCUT2D eigenvalue weighted by atomic mass is 35.5. The second kappa shape index (κ2) is 6.83. The summed E-state index contributed by atoms with van der Waals surface area (Å²) in [6.45, 7) is 0. The first-order chi connectivity index (χ1) is 11.4. The largest absolute Gasteiger partial charge is 0.416 e. The molecule has 0 spiro atoms. The van der Waals surface area contributed by atoms with Crippen molar-refractivity contribution >= 4 is 46.1 Å². The molecule has 3 nitrogen and oxygen atoms in total. The van der Waals surface area contributed by atoms with Gasteiger partial charge in [0.05, 0.1) is 15.6 Å². The third-order valence-corrected chi connectivity index (χ3v) is 5.21. The van der Waals surface area contributed by atoms with Crippen molar-refractivity contribution in [2.75, 3.05) is 6.26 Å². The summed E-state index contributed by atoms with van der Waals surface area (Å²) in [7, 11) is 0. The van der Waals surface area contributed by atoms with Gasteiger partial charge in [-0.3, -0.25) is 0 Å². The van der Waals surface area contributed by atoms with Gasteiger partial charge in [0, 0.05) is 0 Å². The van der Waals surface area contributed by atoms with Gasteiger partial charge in [-0.2, -0.15) is 23.5 Å². The summed E-state index contributed by atoms with van der Waals surface area (Å²) in [6, 6.07) is 2.39. The van der Waals surface area contributed by atoms with Crippen LogP contribution in [-0.2, 0) is 6.18 Å². The van der Waals surface area contributed by atoms with Crippen molar-refractivity contribution in [2.24, 2.45) is 0 Å². The van der Waals surface area contributed by atoms with E-state index in [1.165, 1.54) is 12.3 Å². The topological polar surface area (TPSA) is 41.6 Å². The SMILES string of the molecule is CSc1c(S(F)(F)F)c(C#N)nn1-c1c(Cl)cc(C(F)(F)F)cc1Cl. The minimum Gasteiger partial charge on any atom is -0.221 e. The third-order valence-electron chi connectivity index (χ3n) is 2.89. The molecule has 13 heteroatoms. The molecule has 0 unspecified atom stereocenters. The Bertz CT molecular complexity index is 846. The van der Waals surface area contributed by atoms with E-state index in [1.807, 2.05) is 0 Å². The highest BCUT2D eigenvalue weighted by Gasteiger charge is 2.38. The van der Waals surface area contributed by atoms with Crippen LogP contribution in [0.3, 0.4) is 0 Å². The fraction of sp³-hybridized carbons (Fsp3) is 0.167. The molecule has 1 heterocycles. The minimum absolute atomic E-state index is 0.368. The number of hydrogen-bond acceptors (Lipinski definition) is 3. The van der Waals surface area contributed by atoms with Crippen molar-refractivity contribution in [2.45, 2.75) is 16.1 Å². The normalized spacial score (nSPS) is 13.0. The van der Waals surface area contributed by atoms with Gasteiger partial charge < -0.3 is 0 Å². The molecule has 0 aliphatic heterocycles. The Morgan fingerprint density at radius 2 is 1.72 bits per heavy atom. The number of thioether (sulfide) groups is 1. The van der Waals surface area contributed by atoms with E-state index < -0.39 is 48.6 Å². The van der Waals surface area contributed by atoms with Crippen LogP contribution in [0.5, 0.6) is 0 Å². The van der Waals surface area contributed by atoms with Crippen molar-refractivity contribution in [3.63, 3.8) is 0 Å². The number of nitriles is 1. The number of aromatic nitrogens is 2. The van der Waals surface area contributed by atoms with Crippen molar-refractivity contribution in [1.82, 2.24) is 9.78 Å². The monoisotopic (exact) mass is 439 g/mol. The third kappa shape index (κ3) is 3.81. The van der Waals surface area contributed by atoms with Crippen LogP contribution in [0.1, 0.15) is 11.3 Å². The van der Waals surface area contributed by atoms with Gasteiger partial charge in [0.1, 0.15) is 21.7 Å². The number of rotatable bonds is 3. The Morgan fingerprint density at radius 1 is 1.20 bits per heavy atom. The van der Waals surface area contributed by atoms with Crippen LogP contribution in [-0.4, -0.2) is 16.0 Å². The first-order valence-electron chi connectivity index (χ1n) is 5.97. The second-order valence-corrected chi connectivity index (χ2v) is 7.23. The molecular formula is C12H5Cl2F6N3S2. The number of halogens is 8. The average Bonchev–Trinajstić information content (AvgIpc) is 2.84. The lowest BCUT2D eigenvalue weighted by Crippen LogP contribution is -2.07. The van der Waals surface area contributed by atoms with Crippen LogP contribution in [0.25, 0.3) is 5.69 Å². The van der Waals surface area contributed by atoms with Gasteiger partial charge in [-0.15, -0.1) is 23.4 Å². The summed E-state index contributed by atoms with van der Waals surface area (Å²) in [4.78, 5) is -1.23. The van der Waals surface area contributed by atoms with Gasteiger partial charge in [0.2, 0.25) is 11.2 Å². The smallest absolute Gasteiger partial charge is 0.221 e. The molecule has 0 N–H and O–H groups in total. The number of nitrogens with zero attached hydrogens (tertiary/aromatic N) is 3. The fourth-order valence-electron chi connectivity index (χ4n) is 1.93. The number of alkyl halides is 3. The van der Waals surface area contributed by atoms with Crippen LogP contribution in [0.15, 0.2) is 22.1 Å². The van der Waals surface area contributed by atoms with Crippen molar-refractivity contribution in [1.29, 1.82) is 5.26 Å². The van der Waals surface area contributed by atoms with Crippen molar-refractivity contribution in [3.05, 3.63) is 33.4 Å². The van der Waals surface area contributed by atoms with Crippen LogP contribution < -0.4 is 0 Å². The average molecular weight is 440 g/mol. The van der Waals surface area contributed by atoms with E-state index in [9.17, 15) is 24.8 Å². The predicted molar refractivity (Wildman–Crippen MR) is 84.3 cm³/mol. The number of benzene rings is 1. The Kier molecular flexibility index (Phi) is 5.49.